The van der Waals surface area contributed by atoms with Gasteiger partial charge in [0.1, 0.15) is 5.54 Å². The summed E-state index contributed by atoms with van der Waals surface area (Å²) < 4.78 is 5.64. The minimum Gasteiger partial charge on any atom is -0.449 e. The molecule has 2 unspecified atom stereocenters. The first-order valence-electron chi connectivity index (χ1n) is 11.6. The van der Waals surface area contributed by atoms with E-state index in [1.54, 1.807) is 4.90 Å². The Labute approximate surface area is 184 Å². The van der Waals surface area contributed by atoms with Crippen LogP contribution in [0.3, 0.4) is 0 Å². The highest BCUT2D eigenvalue weighted by Crippen LogP contribution is 2.59. The van der Waals surface area contributed by atoms with Gasteiger partial charge in [-0.2, -0.15) is 0 Å². The topological polar surface area (TPSA) is 61.9 Å². The van der Waals surface area contributed by atoms with Crippen molar-refractivity contribution in [3.8, 4) is 0 Å². The number of likely N-dealkylation sites (tertiary alicyclic amines) is 1. The van der Waals surface area contributed by atoms with E-state index < -0.39 is 5.54 Å². The number of carbonyl (C=O) groups is 2. The number of rotatable bonds is 4. The molecule has 2 amide bonds. The van der Waals surface area contributed by atoms with Gasteiger partial charge in [0, 0.05) is 25.2 Å². The van der Waals surface area contributed by atoms with E-state index in [4.69, 9.17) is 4.74 Å². The van der Waals surface area contributed by atoms with Crippen LogP contribution in [0.25, 0.3) is 0 Å². The number of nitrogens with one attached hydrogen (secondary N) is 1. The molecular weight excluding hydrogens is 390 g/mol. The normalized spacial score (nSPS) is 28.1. The molecule has 2 bridgehead atoms. The molecule has 6 heteroatoms. The Kier molecular flexibility index (Phi) is 4.98. The third-order valence-corrected chi connectivity index (χ3v) is 8.45. The summed E-state index contributed by atoms with van der Waals surface area (Å²) in [5, 5.41) is 3.00. The number of fused-ring (bicyclic) bond motifs is 1. The van der Waals surface area contributed by atoms with Crippen LogP contribution in [-0.2, 0) is 9.53 Å². The van der Waals surface area contributed by atoms with Gasteiger partial charge in [0.05, 0.1) is 13.3 Å². The zero-order chi connectivity index (χ0) is 21.6. The number of nitrogens with zero attached hydrogens (tertiary/aromatic N) is 2. The van der Waals surface area contributed by atoms with Crippen molar-refractivity contribution < 1.29 is 14.3 Å². The summed E-state index contributed by atoms with van der Waals surface area (Å²) in [5.74, 6) is 1.55. The molecule has 1 N–H and O–H groups in total. The maximum atomic E-state index is 12.8. The second kappa shape index (κ2) is 7.57. The zero-order valence-electron chi connectivity index (χ0n) is 18.6. The first-order valence-corrected chi connectivity index (χ1v) is 11.6. The van der Waals surface area contributed by atoms with E-state index in [-0.39, 0.29) is 12.0 Å². The molecule has 2 aliphatic heterocycles. The van der Waals surface area contributed by atoms with Gasteiger partial charge in [-0.05, 0) is 55.1 Å². The molecule has 0 aromatic heterocycles. The minimum absolute atomic E-state index is 0.0648. The van der Waals surface area contributed by atoms with Crippen molar-refractivity contribution in [1.82, 2.24) is 10.2 Å². The summed E-state index contributed by atoms with van der Waals surface area (Å²) in [6, 6.07) is 10.0. The van der Waals surface area contributed by atoms with Gasteiger partial charge in [0.2, 0.25) is 5.91 Å². The third kappa shape index (κ3) is 3.31. The molecule has 2 atom stereocenters. The average Bonchev–Trinajstić information content (AvgIpc) is 3.10. The number of piperidine rings is 1. The van der Waals surface area contributed by atoms with Crippen LogP contribution in [0.5, 0.6) is 0 Å². The van der Waals surface area contributed by atoms with Crippen LogP contribution in [0.4, 0.5) is 10.5 Å². The molecule has 1 spiro atoms. The molecule has 0 radical (unpaired) electrons. The number of carbonyl (C=O) groups excluding carboxylic acids is 2. The lowest BCUT2D eigenvalue weighted by Gasteiger charge is -2.56. The highest BCUT2D eigenvalue weighted by molar-refractivity contribution is 5.93. The molecule has 1 saturated carbocycles. The average molecular weight is 424 g/mol. The third-order valence-electron chi connectivity index (χ3n) is 8.45. The van der Waals surface area contributed by atoms with Crippen LogP contribution in [0.2, 0.25) is 0 Å². The van der Waals surface area contributed by atoms with Gasteiger partial charge in [-0.15, -0.1) is 0 Å². The zero-order valence-corrected chi connectivity index (χ0v) is 18.6. The van der Waals surface area contributed by atoms with E-state index in [1.165, 1.54) is 18.4 Å². The van der Waals surface area contributed by atoms with Crippen molar-refractivity contribution in [3.63, 3.8) is 0 Å². The van der Waals surface area contributed by atoms with E-state index in [9.17, 15) is 9.59 Å². The number of allylic oxidation sites excluding steroid dienone is 1. The minimum atomic E-state index is -0.572. The van der Waals surface area contributed by atoms with E-state index >= 15 is 0 Å². The van der Waals surface area contributed by atoms with E-state index in [0.29, 0.717) is 50.5 Å². The molecule has 2 heterocycles. The Morgan fingerprint density at radius 2 is 1.94 bits per heavy atom. The molecule has 5 aliphatic rings. The predicted molar refractivity (Wildman–Crippen MR) is 120 cm³/mol. The smallest absolute Gasteiger partial charge is 0.409 e. The molecule has 3 aliphatic carbocycles. The van der Waals surface area contributed by atoms with E-state index in [2.05, 4.69) is 30.1 Å². The van der Waals surface area contributed by atoms with Crippen molar-refractivity contribution in [1.29, 1.82) is 0 Å². The van der Waals surface area contributed by atoms with Crippen LogP contribution in [0, 0.1) is 17.3 Å². The quantitative estimate of drug-likeness (QED) is 0.746. The summed E-state index contributed by atoms with van der Waals surface area (Å²) >= 11 is 0. The molecule has 31 heavy (non-hydrogen) atoms. The van der Waals surface area contributed by atoms with Crippen LogP contribution in [0.15, 0.2) is 42.0 Å². The van der Waals surface area contributed by atoms with Crippen LogP contribution in [-0.4, -0.2) is 48.8 Å². The Bertz CT molecular complexity index is 887. The van der Waals surface area contributed by atoms with Crippen molar-refractivity contribution in [3.05, 3.63) is 42.0 Å². The monoisotopic (exact) mass is 423 g/mol. The second-order valence-electron chi connectivity index (χ2n) is 10.1. The SMILES string of the molecule is CC1(C)C2CC=C(CCOC(=O)N3CCC4(CC3)C(=O)NCN4c3ccccc3)C1C2. The van der Waals surface area contributed by atoms with E-state index in [0.717, 1.165) is 18.0 Å². The molecule has 166 valence electrons. The Morgan fingerprint density at radius 1 is 1.19 bits per heavy atom. The highest BCUT2D eigenvalue weighted by atomic mass is 16.6. The van der Waals surface area contributed by atoms with Crippen LogP contribution < -0.4 is 10.2 Å². The number of ether oxygens (including phenoxy) is 1. The van der Waals surface area contributed by atoms with Gasteiger partial charge in [0.15, 0.2) is 0 Å². The van der Waals surface area contributed by atoms with Crippen molar-refractivity contribution >= 4 is 17.7 Å². The lowest BCUT2D eigenvalue weighted by molar-refractivity contribution is -0.125. The van der Waals surface area contributed by atoms with Gasteiger partial charge in [-0.25, -0.2) is 4.79 Å². The Morgan fingerprint density at radius 3 is 2.61 bits per heavy atom. The molecule has 6 nitrogen and oxygen atoms in total. The Hall–Kier alpha value is -2.50. The molecule has 1 aromatic carbocycles. The summed E-state index contributed by atoms with van der Waals surface area (Å²) in [7, 11) is 0. The lowest BCUT2D eigenvalue weighted by atomic mass is 9.48. The second-order valence-corrected chi connectivity index (χ2v) is 10.1. The standard InChI is InChI=1S/C25H33N3O3/c1-24(2)19-9-8-18(21(24)16-19)10-15-31-23(30)27-13-11-25(12-14-27)22(29)26-17-28(25)20-6-4-3-5-7-20/h3-8,19,21H,9-17H2,1-2H3,(H,26,29). The summed E-state index contributed by atoms with van der Waals surface area (Å²) in [4.78, 5) is 29.3. The lowest BCUT2D eigenvalue weighted by Crippen LogP contribution is -2.57. The number of amides is 2. The van der Waals surface area contributed by atoms with Crippen molar-refractivity contribution in [2.24, 2.45) is 17.3 Å². The van der Waals surface area contributed by atoms with Gasteiger partial charge in [-0.3, -0.25) is 4.79 Å². The Balaban J connectivity index is 1.15. The number of para-hydroxylation sites is 1. The largest absolute Gasteiger partial charge is 0.449 e. The molecule has 1 aromatic rings. The summed E-state index contributed by atoms with van der Waals surface area (Å²) in [5.41, 5.74) is 2.34. The van der Waals surface area contributed by atoms with Gasteiger partial charge >= 0.3 is 6.09 Å². The predicted octanol–water partition coefficient (Wildman–Crippen LogP) is 3.93. The summed E-state index contributed by atoms with van der Waals surface area (Å²) in [6.07, 6.45) is 6.66. The first kappa shape index (κ1) is 20.4. The van der Waals surface area contributed by atoms with Crippen LogP contribution >= 0.6 is 0 Å². The fourth-order valence-electron chi connectivity index (χ4n) is 6.20. The number of anilines is 1. The van der Waals surface area contributed by atoms with Gasteiger partial charge in [0.25, 0.3) is 0 Å². The fourth-order valence-corrected chi connectivity index (χ4v) is 6.20. The molecule has 6 rings (SSSR count). The van der Waals surface area contributed by atoms with Crippen LogP contribution in [0.1, 0.15) is 46.0 Å². The number of benzene rings is 1. The van der Waals surface area contributed by atoms with Gasteiger partial charge < -0.3 is 19.9 Å². The van der Waals surface area contributed by atoms with E-state index in [1.807, 2.05) is 30.3 Å². The molecule has 2 saturated heterocycles. The summed E-state index contributed by atoms with van der Waals surface area (Å²) in [6.45, 7) is 6.77. The maximum Gasteiger partial charge on any atom is 0.409 e. The van der Waals surface area contributed by atoms with Crippen molar-refractivity contribution in [2.75, 3.05) is 31.3 Å². The molecular formula is C25H33N3O3. The maximum absolute atomic E-state index is 12.8. The number of hydrogen-bond donors (Lipinski definition) is 1. The first-order chi connectivity index (χ1) is 14.9. The molecule has 3 fully saturated rings. The van der Waals surface area contributed by atoms with Gasteiger partial charge in [-0.1, -0.05) is 43.7 Å². The number of hydrogen-bond acceptors (Lipinski definition) is 4. The van der Waals surface area contributed by atoms with Crippen molar-refractivity contribution in [2.45, 2.75) is 51.5 Å². The highest BCUT2D eigenvalue weighted by Gasteiger charge is 2.52. The fraction of sp³-hybridized carbons (Fsp3) is 0.600.